The zero-order chi connectivity index (χ0) is 18.4. The van der Waals surface area contributed by atoms with E-state index in [2.05, 4.69) is 20.5 Å². The van der Waals surface area contributed by atoms with Crippen LogP contribution in [0.4, 0.5) is 0 Å². The summed E-state index contributed by atoms with van der Waals surface area (Å²) in [5.41, 5.74) is 1.80. The van der Waals surface area contributed by atoms with E-state index in [1.54, 1.807) is 54.9 Å². The first kappa shape index (κ1) is 17.9. The number of aliphatic hydroxyl groups excluding tert-OH is 1. The number of rotatable bonds is 7. The van der Waals surface area contributed by atoms with Gasteiger partial charge in [-0.3, -0.25) is 14.9 Å². The number of benzene rings is 1. The lowest BCUT2D eigenvalue weighted by molar-refractivity contribution is 0.0840. The lowest BCUT2D eigenvalue weighted by Crippen LogP contribution is -2.35. The van der Waals surface area contributed by atoms with Gasteiger partial charge in [-0.1, -0.05) is 11.6 Å². The first-order valence-electron chi connectivity index (χ1n) is 7.92. The van der Waals surface area contributed by atoms with Gasteiger partial charge in [0, 0.05) is 29.5 Å². The molecule has 3 N–H and O–H groups in total. The van der Waals surface area contributed by atoms with Crippen molar-refractivity contribution in [3.05, 3.63) is 65.6 Å². The van der Waals surface area contributed by atoms with Crippen molar-refractivity contribution in [3.8, 4) is 17.0 Å². The third kappa shape index (κ3) is 4.81. The molecule has 134 valence electrons. The van der Waals surface area contributed by atoms with Gasteiger partial charge < -0.3 is 15.2 Å². The molecule has 3 rings (SSSR count). The molecule has 0 bridgehead atoms. The monoisotopic (exact) mass is 372 g/mol. The Bertz CT molecular complexity index is 852. The summed E-state index contributed by atoms with van der Waals surface area (Å²) < 4.78 is 5.44. The minimum absolute atomic E-state index is 0.0488. The van der Waals surface area contributed by atoms with Crippen molar-refractivity contribution < 1.29 is 14.6 Å². The van der Waals surface area contributed by atoms with Gasteiger partial charge in [0.15, 0.2) is 0 Å². The predicted octanol–water partition coefficient (Wildman–Crippen LogP) is 2.29. The van der Waals surface area contributed by atoms with Crippen LogP contribution < -0.4 is 10.1 Å². The van der Waals surface area contributed by atoms with E-state index >= 15 is 0 Å². The van der Waals surface area contributed by atoms with E-state index in [1.165, 1.54) is 0 Å². The van der Waals surface area contributed by atoms with E-state index < -0.39 is 6.10 Å². The molecule has 7 nitrogen and oxygen atoms in total. The first-order chi connectivity index (χ1) is 12.6. The second-order valence-electron chi connectivity index (χ2n) is 5.53. The van der Waals surface area contributed by atoms with Crippen LogP contribution in [0.3, 0.4) is 0 Å². The highest BCUT2D eigenvalue weighted by atomic mass is 35.5. The lowest BCUT2D eigenvalue weighted by atomic mass is 10.2. The summed E-state index contributed by atoms with van der Waals surface area (Å²) in [4.78, 5) is 16.1. The van der Waals surface area contributed by atoms with Crippen molar-refractivity contribution in [2.75, 3.05) is 13.2 Å². The number of ether oxygens (including phenoxy) is 1. The zero-order valence-electron chi connectivity index (χ0n) is 13.7. The minimum atomic E-state index is -0.850. The summed E-state index contributed by atoms with van der Waals surface area (Å²) in [5.74, 6) is 0.235. The van der Waals surface area contributed by atoms with Crippen molar-refractivity contribution in [2.24, 2.45) is 0 Å². The smallest absolute Gasteiger partial charge is 0.269 e. The summed E-state index contributed by atoms with van der Waals surface area (Å²) in [6.45, 7) is 0.100. The molecule has 0 aliphatic rings. The Balaban J connectivity index is 1.47. The molecular weight excluding hydrogens is 356 g/mol. The maximum absolute atomic E-state index is 12.1. The van der Waals surface area contributed by atoms with Gasteiger partial charge in [0.2, 0.25) is 0 Å². The number of aliphatic hydroxyl groups is 1. The maximum Gasteiger partial charge on any atom is 0.269 e. The number of aromatic nitrogens is 3. The van der Waals surface area contributed by atoms with Gasteiger partial charge in [-0.2, -0.15) is 5.10 Å². The van der Waals surface area contributed by atoms with E-state index in [0.717, 1.165) is 5.56 Å². The highest BCUT2D eigenvalue weighted by Gasteiger charge is 2.13. The molecular formula is C18H17ClN4O3. The Kier molecular flexibility index (Phi) is 5.83. The Labute approximate surface area is 155 Å². The summed E-state index contributed by atoms with van der Waals surface area (Å²) in [7, 11) is 0. The Hall–Kier alpha value is -2.90. The van der Waals surface area contributed by atoms with E-state index in [9.17, 15) is 9.90 Å². The van der Waals surface area contributed by atoms with Crippen molar-refractivity contribution >= 4 is 17.5 Å². The molecule has 0 spiro atoms. The van der Waals surface area contributed by atoms with Crippen molar-refractivity contribution in [1.29, 1.82) is 0 Å². The fourth-order valence-electron chi connectivity index (χ4n) is 2.20. The minimum Gasteiger partial charge on any atom is -0.491 e. The number of nitrogens with one attached hydrogen (secondary N) is 2. The molecule has 2 aromatic heterocycles. The molecule has 0 saturated carbocycles. The summed E-state index contributed by atoms with van der Waals surface area (Å²) >= 11 is 5.79. The number of H-pyrrole nitrogens is 1. The lowest BCUT2D eigenvalue weighted by Gasteiger charge is -2.13. The number of carbonyl (C=O) groups excluding carboxylic acids is 1. The number of hydrogen-bond acceptors (Lipinski definition) is 5. The normalized spacial score (nSPS) is 11.8. The van der Waals surface area contributed by atoms with Gasteiger partial charge >= 0.3 is 0 Å². The Morgan fingerprint density at radius 1 is 1.23 bits per heavy atom. The maximum atomic E-state index is 12.1. The van der Waals surface area contributed by atoms with Gasteiger partial charge in [0.1, 0.15) is 24.2 Å². The van der Waals surface area contributed by atoms with Crippen LogP contribution >= 0.6 is 11.6 Å². The van der Waals surface area contributed by atoms with E-state index in [0.29, 0.717) is 22.2 Å². The van der Waals surface area contributed by atoms with Crippen LogP contribution in [-0.4, -0.2) is 45.5 Å². The standard InChI is InChI=1S/C18H17ClN4O3/c19-13-1-3-15(4-2-13)26-11-14(24)10-21-18(25)17-9-16(22-23-17)12-5-7-20-8-6-12/h1-9,14,24H,10-11H2,(H,21,25)(H,22,23)/t14-/m0/s1. The SMILES string of the molecule is O=C(NC[C@H](O)COc1ccc(Cl)cc1)c1cc(-c2ccncc2)n[nH]1. The molecule has 0 aliphatic carbocycles. The van der Waals surface area contributed by atoms with Crippen LogP contribution in [0.2, 0.25) is 5.02 Å². The number of nitrogens with zero attached hydrogens (tertiary/aromatic N) is 2. The number of hydrogen-bond donors (Lipinski definition) is 3. The predicted molar refractivity (Wildman–Crippen MR) is 97.1 cm³/mol. The third-order valence-corrected chi connectivity index (χ3v) is 3.80. The number of halogens is 1. The van der Waals surface area contributed by atoms with Crippen molar-refractivity contribution in [1.82, 2.24) is 20.5 Å². The molecule has 3 aromatic rings. The van der Waals surface area contributed by atoms with E-state index in [4.69, 9.17) is 16.3 Å². The molecule has 1 amide bonds. The number of carbonyl (C=O) groups is 1. The molecule has 1 aromatic carbocycles. The van der Waals surface area contributed by atoms with Crippen molar-refractivity contribution in [3.63, 3.8) is 0 Å². The number of amides is 1. The third-order valence-electron chi connectivity index (χ3n) is 3.55. The van der Waals surface area contributed by atoms with Gasteiger partial charge in [-0.05, 0) is 42.5 Å². The topological polar surface area (TPSA) is 100 Å². The quantitative estimate of drug-likeness (QED) is 0.591. The zero-order valence-corrected chi connectivity index (χ0v) is 14.5. The number of aromatic amines is 1. The van der Waals surface area contributed by atoms with Gasteiger partial charge in [0.05, 0.1) is 5.69 Å². The Morgan fingerprint density at radius 2 is 1.96 bits per heavy atom. The average molecular weight is 373 g/mol. The Morgan fingerprint density at radius 3 is 2.69 bits per heavy atom. The van der Waals surface area contributed by atoms with Gasteiger partial charge in [-0.15, -0.1) is 0 Å². The van der Waals surface area contributed by atoms with E-state index in [1.807, 2.05) is 0 Å². The van der Waals surface area contributed by atoms with Crippen LogP contribution in [0.25, 0.3) is 11.3 Å². The summed E-state index contributed by atoms with van der Waals surface area (Å²) in [5, 5.41) is 20.0. The van der Waals surface area contributed by atoms with Crippen LogP contribution in [0, 0.1) is 0 Å². The molecule has 0 aliphatic heterocycles. The molecule has 0 fully saturated rings. The summed E-state index contributed by atoms with van der Waals surface area (Å²) in [6, 6.07) is 12.1. The largest absolute Gasteiger partial charge is 0.491 e. The van der Waals surface area contributed by atoms with Gasteiger partial charge in [0.25, 0.3) is 5.91 Å². The second kappa shape index (κ2) is 8.46. The van der Waals surface area contributed by atoms with Crippen molar-refractivity contribution in [2.45, 2.75) is 6.10 Å². The van der Waals surface area contributed by atoms with Crippen LogP contribution in [0.5, 0.6) is 5.75 Å². The summed E-state index contributed by atoms with van der Waals surface area (Å²) in [6.07, 6.45) is 2.46. The van der Waals surface area contributed by atoms with E-state index in [-0.39, 0.29) is 19.1 Å². The molecule has 8 heteroatoms. The average Bonchev–Trinajstić information content (AvgIpc) is 3.17. The molecule has 26 heavy (non-hydrogen) atoms. The fraction of sp³-hybridized carbons (Fsp3) is 0.167. The highest BCUT2D eigenvalue weighted by Crippen LogP contribution is 2.16. The molecule has 2 heterocycles. The van der Waals surface area contributed by atoms with Gasteiger partial charge in [-0.25, -0.2) is 0 Å². The van der Waals surface area contributed by atoms with Crippen LogP contribution in [0.1, 0.15) is 10.5 Å². The molecule has 0 saturated heterocycles. The fourth-order valence-corrected chi connectivity index (χ4v) is 2.32. The van der Waals surface area contributed by atoms with Crippen LogP contribution in [0.15, 0.2) is 54.9 Å². The molecule has 0 radical (unpaired) electrons. The second-order valence-corrected chi connectivity index (χ2v) is 5.97. The van der Waals surface area contributed by atoms with Crippen LogP contribution in [-0.2, 0) is 0 Å². The highest BCUT2D eigenvalue weighted by molar-refractivity contribution is 6.30. The molecule has 1 atom stereocenters. The number of pyridine rings is 1. The molecule has 0 unspecified atom stereocenters. The first-order valence-corrected chi connectivity index (χ1v) is 8.30.